The van der Waals surface area contributed by atoms with Gasteiger partial charge in [-0.25, -0.2) is 4.79 Å². The van der Waals surface area contributed by atoms with Gasteiger partial charge in [0.15, 0.2) is 0 Å². The van der Waals surface area contributed by atoms with E-state index in [-0.39, 0.29) is 5.71 Å². The molecule has 13 heavy (non-hydrogen) atoms. The van der Waals surface area contributed by atoms with E-state index < -0.39 is 11.5 Å². The monoisotopic (exact) mass is 181 g/mol. The molecule has 0 aliphatic carbocycles. The number of rotatable bonds is 2. The van der Waals surface area contributed by atoms with Gasteiger partial charge in [0.05, 0.1) is 12.7 Å². The average Bonchev–Trinajstić information content (AvgIpc) is 2.50. The van der Waals surface area contributed by atoms with Crippen LogP contribution >= 0.6 is 0 Å². The Morgan fingerprint density at radius 2 is 2.62 bits per heavy atom. The molecule has 0 saturated heterocycles. The summed E-state index contributed by atoms with van der Waals surface area (Å²) in [4.78, 5) is 11.1. The lowest BCUT2D eigenvalue weighted by Gasteiger charge is -2.11. The highest BCUT2D eigenvalue weighted by atomic mass is 16.5. The van der Waals surface area contributed by atoms with E-state index in [2.05, 4.69) is 10.5 Å². The summed E-state index contributed by atoms with van der Waals surface area (Å²) in [6, 6.07) is 2.03. The van der Waals surface area contributed by atoms with Crippen molar-refractivity contribution in [3.63, 3.8) is 0 Å². The van der Waals surface area contributed by atoms with Gasteiger partial charge in [-0.1, -0.05) is 0 Å². The van der Waals surface area contributed by atoms with Crippen molar-refractivity contribution in [2.75, 3.05) is 6.61 Å². The SMILES string of the molecule is CCOC(=O)C1=NNC(C)(C#N)C1. The van der Waals surface area contributed by atoms with Crippen molar-refractivity contribution >= 4 is 11.7 Å². The standard InChI is InChI=1S/C8H11N3O2/c1-3-13-7(12)6-4-8(2,5-9)11-10-6/h11H,3-4H2,1-2H3. The quantitative estimate of drug-likeness (QED) is 0.617. The van der Waals surface area contributed by atoms with E-state index in [9.17, 15) is 4.79 Å². The number of nitriles is 1. The summed E-state index contributed by atoms with van der Waals surface area (Å²) in [6.07, 6.45) is 0.294. The second kappa shape index (κ2) is 3.44. The molecular weight excluding hydrogens is 170 g/mol. The minimum Gasteiger partial charge on any atom is -0.461 e. The van der Waals surface area contributed by atoms with Crippen LogP contribution in [0.2, 0.25) is 0 Å². The number of hydrogen-bond acceptors (Lipinski definition) is 5. The van der Waals surface area contributed by atoms with Crippen LogP contribution in [-0.2, 0) is 9.53 Å². The van der Waals surface area contributed by atoms with Crippen molar-refractivity contribution in [2.24, 2.45) is 5.10 Å². The van der Waals surface area contributed by atoms with Gasteiger partial charge in [-0.15, -0.1) is 0 Å². The number of hydrogen-bond donors (Lipinski definition) is 1. The van der Waals surface area contributed by atoms with Crippen LogP contribution in [-0.4, -0.2) is 23.8 Å². The summed E-state index contributed by atoms with van der Waals surface area (Å²) < 4.78 is 4.74. The Kier molecular flexibility index (Phi) is 2.52. The van der Waals surface area contributed by atoms with Crippen molar-refractivity contribution < 1.29 is 9.53 Å². The zero-order valence-corrected chi connectivity index (χ0v) is 7.63. The van der Waals surface area contributed by atoms with E-state index >= 15 is 0 Å². The molecular formula is C8H11N3O2. The van der Waals surface area contributed by atoms with Crippen LogP contribution < -0.4 is 5.43 Å². The maximum atomic E-state index is 11.1. The van der Waals surface area contributed by atoms with E-state index in [1.54, 1.807) is 13.8 Å². The number of esters is 1. The Morgan fingerprint density at radius 3 is 3.08 bits per heavy atom. The number of carbonyl (C=O) groups excluding carboxylic acids is 1. The molecule has 0 bridgehead atoms. The van der Waals surface area contributed by atoms with Gasteiger partial charge in [0, 0.05) is 6.42 Å². The Morgan fingerprint density at radius 1 is 1.92 bits per heavy atom. The largest absolute Gasteiger partial charge is 0.461 e. The molecule has 0 radical (unpaired) electrons. The van der Waals surface area contributed by atoms with E-state index in [0.717, 1.165) is 0 Å². The maximum Gasteiger partial charge on any atom is 0.354 e. The second-order valence-electron chi connectivity index (χ2n) is 3.01. The van der Waals surface area contributed by atoms with E-state index in [4.69, 9.17) is 10.00 Å². The van der Waals surface area contributed by atoms with Crippen LogP contribution in [0.1, 0.15) is 20.3 Å². The molecule has 1 atom stereocenters. The average molecular weight is 181 g/mol. The molecule has 0 aromatic rings. The Bertz CT molecular complexity index is 292. The first-order valence-electron chi connectivity index (χ1n) is 4.03. The lowest BCUT2D eigenvalue weighted by atomic mass is 9.99. The first-order chi connectivity index (χ1) is 6.11. The van der Waals surface area contributed by atoms with Crippen molar-refractivity contribution in [3.8, 4) is 6.07 Å². The molecule has 0 amide bonds. The second-order valence-corrected chi connectivity index (χ2v) is 3.01. The molecule has 0 spiro atoms. The van der Waals surface area contributed by atoms with Gasteiger partial charge in [-0.2, -0.15) is 10.4 Å². The third kappa shape index (κ3) is 1.96. The molecule has 1 N–H and O–H groups in total. The fourth-order valence-corrected chi connectivity index (χ4v) is 1.00. The molecule has 5 heteroatoms. The first kappa shape index (κ1) is 9.52. The molecule has 0 aromatic carbocycles. The van der Waals surface area contributed by atoms with Crippen molar-refractivity contribution in [1.82, 2.24) is 5.43 Å². The minimum atomic E-state index is -0.762. The van der Waals surface area contributed by atoms with Crippen LogP contribution in [0, 0.1) is 11.3 Å². The molecule has 1 aliphatic rings. The summed E-state index contributed by atoms with van der Waals surface area (Å²) in [5, 5.41) is 12.5. The maximum absolute atomic E-state index is 11.1. The van der Waals surface area contributed by atoms with Crippen molar-refractivity contribution in [1.29, 1.82) is 5.26 Å². The van der Waals surface area contributed by atoms with Gasteiger partial charge in [0.25, 0.3) is 0 Å². The minimum absolute atomic E-state index is 0.283. The van der Waals surface area contributed by atoms with Gasteiger partial charge < -0.3 is 4.74 Å². The lowest BCUT2D eigenvalue weighted by molar-refractivity contribution is -0.135. The lowest BCUT2D eigenvalue weighted by Crippen LogP contribution is -2.33. The van der Waals surface area contributed by atoms with E-state index in [1.807, 2.05) is 6.07 Å². The molecule has 0 aromatic heterocycles. The number of nitrogens with zero attached hydrogens (tertiary/aromatic N) is 2. The summed E-state index contributed by atoms with van der Waals surface area (Å²) in [6.45, 7) is 3.73. The summed E-state index contributed by atoms with van der Waals surface area (Å²) >= 11 is 0. The molecule has 1 heterocycles. The summed E-state index contributed by atoms with van der Waals surface area (Å²) in [5.74, 6) is -0.450. The van der Waals surface area contributed by atoms with Crippen molar-refractivity contribution in [2.45, 2.75) is 25.8 Å². The molecule has 0 fully saturated rings. The van der Waals surface area contributed by atoms with Gasteiger partial charge >= 0.3 is 5.97 Å². The third-order valence-corrected chi connectivity index (χ3v) is 1.72. The zero-order chi connectivity index (χ0) is 9.90. The van der Waals surface area contributed by atoms with Crippen molar-refractivity contribution in [3.05, 3.63) is 0 Å². The van der Waals surface area contributed by atoms with Crippen LogP contribution in [0.4, 0.5) is 0 Å². The molecule has 70 valence electrons. The number of nitrogens with one attached hydrogen (secondary N) is 1. The zero-order valence-electron chi connectivity index (χ0n) is 7.63. The highest BCUT2D eigenvalue weighted by Crippen LogP contribution is 2.15. The Labute approximate surface area is 76.4 Å². The van der Waals surface area contributed by atoms with Crippen LogP contribution in [0.25, 0.3) is 0 Å². The summed E-state index contributed by atoms with van der Waals surface area (Å²) in [7, 11) is 0. The highest BCUT2D eigenvalue weighted by molar-refractivity contribution is 6.37. The molecule has 5 nitrogen and oxygen atoms in total. The fraction of sp³-hybridized carbons (Fsp3) is 0.625. The first-order valence-corrected chi connectivity index (χ1v) is 4.03. The predicted octanol–water partition coefficient (Wildman–Crippen LogP) is 0.181. The Balaban J connectivity index is 2.59. The topological polar surface area (TPSA) is 74.5 Å². The molecule has 1 unspecified atom stereocenters. The summed E-state index contributed by atoms with van der Waals surface area (Å²) in [5.41, 5.74) is 2.12. The smallest absolute Gasteiger partial charge is 0.354 e. The Hall–Kier alpha value is -1.57. The van der Waals surface area contributed by atoms with Crippen LogP contribution in [0.15, 0.2) is 5.10 Å². The number of ether oxygens (including phenoxy) is 1. The highest BCUT2D eigenvalue weighted by Gasteiger charge is 2.34. The van der Waals surface area contributed by atoms with E-state index in [1.165, 1.54) is 0 Å². The van der Waals surface area contributed by atoms with Crippen LogP contribution in [0.5, 0.6) is 0 Å². The predicted molar refractivity (Wildman–Crippen MR) is 45.8 cm³/mol. The third-order valence-electron chi connectivity index (χ3n) is 1.72. The fourth-order valence-electron chi connectivity index (χ4n) is 1.00. The van der Waals surface area contributed by atoms with Gasteiger partial charge in [0.1, 0.15) is 11.3 Å². The molecule has 0 saturated carbocycles. The normalized spacial score (nSPS) is 25.8. The number of carbonyl (C=O) groups is 1. The number of hydrazone groups is 1. The van der Waals surface area contributed by atoms with Gasteiger partial charge in [0.2, 0.25) is 0 Å². The van der Waals surface area contributed by atoms with Gasteiger partial charge in [-0.05, 0) is 13.8 Å². The van der Waals surface area contributed by atoms with E-state index in [0.29, 0.717) is 13.0 Å². The van der Waals surface area contributed by atoms with Gasteiger partial charge in [-0.3, -0.25) is 5.43 Å². The molecule has 1 rings (SSSR count). The molecule has 1 aliphatic heterocycles. The van der Waals surface area contributed by atoms with Crippen LogP contribution in [0.3, 0.4) is 0 Å².